The molecule has 0 spiro atoms. The van der Waals surface area contributed by atoms with E-state index < -0.39 is 0 Å². The van der Waals surface area contributed by atoms with E-state index in [1.807, 2.05) is 48.5 Å². The number of para-hydroxylation sites is 1. The minimum Gasteiger partial charge on any atom is -0.349 e. The van der Waals surface area contributed by atoms with Gasteiger partial charge in [-0.25, -0.2) is 0 Å². The lowest BCUT2D eigenvalue weighted by atomic mass is 10.2. The number of hydrogen-bond acceptors (Lipinski definition) is 5. The van der Waals surface area contributed by atoms with Crippen molar-refractivity contribution in [2.45, 2.75) is 0 Å². The molecule has 0 atom stereocenters. The molecule has 8 heteroatoms. The molecule has 1 aliphatic rings. The average molecular weight is 392 g/mol. The summed E-state index contributed by atoms with van der Waals surface area (Å²) in [5, 5.41) is 9.93. The fourth-order valence-electron chi connectivity index (χ4n) is 2.89. The number of aromatic amines is 1. The van der Waals surface area contributed by atoms with Crippen LogP contribution in [0.25, 0.3) is 17.0 Å². The maximum absolute atomic E-state index is 12.5. The van der Waals surface area contributed by atoms with Crippen LogP contribution in [0.3, 0.4) is 0 Å². The molecule has 4 rings (SSSR count). The van der Waals surface area contributed by atoms with Gasteiger partial charge < -0.3 is 5.32 Å². The second-order valence-electron chi connectivity index (χ2n) is 6.12. The second kappa shape index (κ2) is 7.69. The van der Waals surface area contributed by atoms with Crippen molar-refractivity contribution in [2.75, 3.05) is 13.1 Å². The van der Waals surface area contributed by atoms with Gasteiger partial charge in [0.05, 0.1) is 10.4 Å². The van der Waals surface area contributed by atoms with E-state index in [9.17, 15) is 14.4 Å². The molecule has 3 amide bonds. The summed E-state index contributed by atoms with van der Waals surface area (Å²) >= 11 is 0.904. The monoisotopic (exact) mass is 392 g/mol. The van der Waals surface area contributed by atoms with E-state index in [0.29, 0.717) is 4.91 Å². The molecule has 1 fully saturated rings. The third-order valence-corrected chi connectivity index (χ3v) is 5.18. The highest BCUT2D eigenvalue weighted by Gasteiger charge is 2.34. The Morgan fingerprint density at radius 2 is 1.86 bits per heavy atom. The van der Waals surface area contributed by atoms with Crippen LogP contribution in [0.1, 0.15) is 16.1 Å². The largest absolute Gasteiger partial charge is 0.349 e. The highest BCUT2D eigenvalue weighted by Crippen LogP contribution is 2.31. The number of hydrogen-bond donors (Lipinski definition) is 2. The quantitative estimate of drug-likeness (QED) is 0.651. The summed E-state index contributed by atoms with van der Waals surface area (Å²) in [6, 6.07) is 16.7. The first-order valence-electron chi connectivity index (χ1n) is 8.65. The third kappa shape index (κ3) is 3.54. The molecule has 1 aliphatic heterocycles. The fraction of sp³-hybridized carbons (Fsp3) is 0.100. The summed E-state index contributed by atoms with van der Waals surface area (Å²) in [4.78, 5) is 38.5. The van der Waals surface area contributed by atoms with Gasteiger partial charge in [0.15, 0.2) is 5.69 Å². The second-order valence-corrected chi connectivity index (χ2v) is 7.11. The van der Waals surface area contributed by atoms with Crippen LogP contribution in [0.2, 0.25) is 0 Å². The predicted octanol–water partition coefficient (Wildman–Crippen LogP) is 3.03. The molecule has 2 N–H and O–H groups in total. The number of nitrogens with one attached hydrogen (secondary N) is 2. The van der Waals surface area contributed by atoms with Gasteiger partial charge in [-0.3, -0.25) is 24.4 Å². The van der Waals surface area contributed by atoms with Gasteiger partial charge in [-0.05, 0) is 29.5 Å². The first-order chi connectivity index (χ1) is 13.6. The number of amides is 3. The average Bonchev–Trinajstić information content (AvgIpc) is 3.25. The molecule has 0 aliphatic carbocycles. The van der Waals surface area contributed by atoms with Gasteiger partial charge in [0, 0.05) is 18.5 Å². The topological polar surface area (TPSA) is 95.2 Å². The van der Waals surface area contributed by atoms with Crippen molar-refractivity contribution < 1.29 is 14.4 Å². The van der Waals surface area contributed by atoms with Gasteiger partial charge in [0.2, 0.25) is 0 Å². The van der Waals surface area contributed by atoms with Gasteiger partial charge in [0.25, 0.3) is 17.1 Å². The lowest BCUT2D eigenvalue weighted by Gasteiger charge is -2.12. The maximum Gasteiger partial charge on any atom is 0.293 e. The fourth-order valence-corrected chi connectivity index (χ4v) is 3.76. The summed E-state index contributed by atoms with van der Waals surface area (Å²) in [6.45, 7) is 0.252. The van der Waals surface area contributed by atoms with Crippen LogP contribution in [0.4, 0.5) is 4.79 Å². The first kappa shape index (κ1) is 18.0. The normalized spacial score (nSPS) is 15.6. The number of H-pyrrole nitrogens is 1. The van der Waals surface area contributed by atoms with Crippen LogP contribution in [-0.2, 0) is 4.79 Å². The number of fused-ring (bicyclic) bond motifs is 1. The molecular formula is C20H16N4O3S. The molecule has 2 heterocycles. The van der Waals surface area contributed by atoms with Crippen molar-refractivity contribution in [3.8, 4) is 0 Å². The van der Waals surface area contributed by atoms with Crippen LogP contribution < -0.4 is 5.32 Å². The molecule has 0 unspecified atom stereocenters. The van der Waals surface area contributed by atoms with Crippen LogP contribution >= 0.6 is 11.8 Å². The predicted molar refractivity (Wildman–Crippen MR) is 108 cm³/mol. The Morgan fingerprint density at radius 1 is 1.11 bits per heavy atom. The van der Waals surface area contributed by atoms with Crippen LogP contribution in [0.15, 0.2) is 59.5 Å². The minimum absolute atomic E-state index is 0.102. The number of nitrogens with zero attached hydrogens (tertiary/aromatic N) is 2. The summed E-state index contributed by atoms with van der Waals surface area (Å²) in [5.41, 5.74) is 1.91. The van der Waals surface area contributed by atoms with Crippen molar-refractivity contribution in [1.82, 2.24) is 20.4 Å². The van der Waals surface area contributed by atoms with Crippen molar-refractivity contribution in [3.63, 3.8) is 0 Å². The van der Waals surface area contributed by atoms with E-state index in [2.05, 4.69) is 15.5 Å². The third-order valence-electron chi connectivity index (χ3n) is 4.28. The van der Waals surface area contributed by atoms with Gasteiger partial charge in [-0.2, -0.15) is 5.10 Å². The van der Waals surface area contributed by atoms with E-state index in [-0.39, 0.29) is 35.8 Å². The standard InChI is InChI=1S/C20H16N4O3S/c25-18(17-14-8-4-5-9-15(14)22-23-17)21-10-11-24-19(26)16(28-20(24)27)12-13-6-2-1-3-7-13/h1-9,12H,10-11H2,(H,21,25)(H,22,23)/b16-12+. The maximum atomic E-state index is 12.5. The van der Waals surface area contributed by atoms with Crippen LogP contribution in [0, 0.1) is 0 Å². The SMILES string of the molecule is O=C(NCCN1C(=O)S/C(=C/c2ccccc2)C1=O)c1n[nH]c2ccccc12. The molecular weight excluding hydrogens is 376 g/mol. The Balaban J connectivity index is 1.38. The van der Waals surface area contributed by atoms with Crippen LogP contribution in [0.5, 0.6) is 0 Å². The number of carbonyl (C=O) groups is 3. The van der Waals surface area contributed by atoms with E-state index in [0.717, 1.165) is 33.1 Å². The highest BCUT2D eigenvalue weighted by atomic mass is 32.2. The van der Waals surface area contributed by atoms with Gasteiger partial charge in [-0.1, -0.05) is 48.5 Å². The Kier molecular flexibility index (Phi) is 4.94. The van der Waals surface area contributed by atoms with E-state index in [4.69, 9.17) is 0 Å². The van der Waals surface area contributed by atoms with Crippen LogP contribution in [-0.4, -0.2) is 45.2 Å². The van der Waals surface area contributed by atoms with Crippen molar-refractivity contribution in [3.05, 3.63) is 70.8 Å². The molecule has 7 nitrogen and oxygen atoms in total. The molecule has 140 valence electrons. The molecule has 0 saturated carbocycles. The summed E-state index contributed by atoms with van der Waals surface area (Å²) in [5.74, 6) is -0.706. The molecule has 0 radical (unpaired) electrons. The Hall–Kier alpha value is -3.39. The molecule has 1 aromatic heterocycles. The van der Waals surface area contributed by atoms with E-state index in [1.165, 1.54) is 0 Å². The molecule has 1 saturated heterocycles. The number of carbonyl (C=O) groups excluding carboxylic acids is 3. The number of benzene rings is 2. The first-order valence-corrected chi connectivity index (χ1v) is 9.47. The van der Waals surface area contributed by atoms with Gasteiger partial charge >= 0.3 is 0 Å². The molecule has 3 aromatic rings. The highest BCUT2D eigenvalue weighted by molar-refractivity contribution is 8.18. The lowest BCUT2D eigenvalue weighted by molar-refractivity contribution is -0.122. The van der Waals surface area contributed by atoms with Gasteiger partial charge in [0.1, 0.15) is 0 Å². The molecule has 28 heavy (non-hydrogen) atoms. The summed E-state index contributed by atoms with van der Waals surface area (Å²) < 4.78 is 0. The Labute approximate surface area is 164 Å². The minimum atomic E-state index is -0.357. The zero-order valence-corrected chi connectivity index (χ0v) is 15.5. The Bertz CT molecular complexity index is 1090. The van der Waals surface area contributed by atoms with Crippen molar-refractivity contribution in [2.24, 2.45) is 0 Å². The smallest absolute Gasteiger partial charge is 0.293 e. The van der Waals surface area contributed by atoms with Crippen molar-refractivity contribution >= 4 is 45.8 Å². The number of thioether (sulfide) groups is 1. The number of rotatable bonds is 5. The zero-order chi connectivity index (χ0) is 19.5. The van der Waals surface area contributed by atoms with E-state index >= 15 is 0 Å². The summed E-state index contributed by atoms with van der Waals surface area (Å²) in [7, 11) is 0. The Morgan fingerprint density at radius 3 is 2.68 bits per heavy atom. The zero-order valence-electron chi connectivity index (χ0n) is 14.7. The van der Waals surface area contributed by atoms with Crippen molar-refractivity contribution in [1.29, 1.82) is 0 Å². The van der Waals surface area contributed by atoms with E-state index in [1.54, 1.807) is 12.1 Å². The number of aromatic nitrogens is 2. The lowest BCUT2D eigenvalue weighted by Crippen LogP contribution is -2.37. The number of imide groups is 1. The summed E-state index contributed by atoms with van der Waals surface area (Å²) in [6.07, 6.45) is 1.69. The molecule has 2 aromatic carbocycles. The van der Waals surface area contributed by atoms with Gasteiger partial charge in [-0.15, -0.1) is 0 Å². The molecule has 0 bridgehead atoms.